The van der Waals surface area contributed by atoms with Gasteiger partial charge in [-0.3, -0.25) is 20.2 Å². The Kier molecular flexibility index (Phi) is 4.83. The van der Waals surface area contributed by atoms with Gasteiger partial charge in [0.25, 0.3) is 11.4 Å². The highest BCUT2D eigenvalue weighted by atomic mass is 16.6. The fourth-order valence-electron chi connectivity index (χ4n) is 2.47. The third kappa shape index (κ3) is 3.46. The summed E-state index contributed by atoms with van der Waals surface area (Å²) in [5, 5.41) is 21.4. The summed E-state index contributed by atoms with van der Waals surface area (Å²) in [5.74, 6) is 0.0756. The molecule has 0 fully saturated rings. The van der Waals surface area contributed by atoms with E-state index in [9.17, 15) is 20.2 Å². The van der Waals surface area contributed by atoms with Crippen molar-refractivity contribution >= 4 is 11.4 Å². The number of rotatable bonds is 6. The van der Waals surface area contributed by atoms with Gasteiger partial charge in [0.15, 0.2) is 0 Å². The molecule has 0 aliphatic carbocycles. The Labute approximate surface area is 127 Å². The van der Waals surface area contributed by atoms with Gasteiger partial charge in [-0.25, -0.2) is 0 Å². The molecule has 0 spiro atoms. The minimum absolute atomic E-state index is 0.0581. The summed E-state index contributed by atoms with van der Waals surface area (Å²) in [6.07, 6.45) is 1.81. The minimum Gasteiger partial charge on any atom is -0.258 e. The molecule has 2 rings (SSSR count). The Morgan fingerprint density at radius 3 is 1.45 bits per heavy atom. The summed E-state index contributed by atoms with van der Waals surface area (Å²) in [6, 6.07) is 13.0. The topological polar surface area (TPSA) is 86.3 Å². The lowest BCUT2D eigenvalue weighted by molar-refractivity contribution is -0.385. The quantitative estimate of drug-likeness (QED) is 0.583. The van der Waals surface area contributed by atoms with Crippen LogP contribution >= 0.6 is 0 Å². The molecule has 0 unspecified atom stereocenters. The second kappa shape index (κ2) is 6.80. The molecule has 0 saturated heterocycles. The number of hydrogen-bond acceptors (Lipinski definition) is 4. The van der Waals surface area contributed by atoms with Crippen LogP contribution in [0.25, 0.3) is 0 Å². The van der Waals surface area contributed by atoms with Crippen LogP contribution in [0.1, 0.15) is 36.8 Å². The van der Waals surface area contributed by atoms with Gasteiger partial charge < -0.3 is 0 Å². The number of nitro benzene ring substituents is 2. The number of benzene rings is 2. The van der Waals surface area contributed by atoms with Gasteiger partial charge in [-0.05, 0) is 17.5 Å². The van der Waals surface area contributed by atoms with Crippen molar-refractivity contribution in [2.45, 2.75) is 25.7 Å². The standard InChI is InChI=1S/C16H16N2O4/c1-2-3-16(12-4-8-14(9-5-12)17(19)20)13-6-10-15(11-7-13)18(21)22/h4-11,16H,2-3H2,1H3. The molecule has 6 heteroatoms. The van der Waals surface area contributed by atoms with E-state index >= 15 is 0 Å². The smallest absolute Gasteiger partial charge is 0.258 e. The highest BCUT2D eigenvalue weighted by Gasteiger charge is 2.16. The van der Waals surface area contributed by atoms with Gasteiger partial charge in [0.05, 0.1) is 9.85 Å². The highest BCUT2D eigenvalue weighted by Crippen LogP contribution is 2.31. The van der Waals surface area contributed by atoms with Gasteiger partial charge in [0.1, 0.15) is 0 Å². The number of non-ortho nitro benzene ring substituents is 2. The van der Waals surface area contributed by atoms with Crippen LogP contribution in [0.3, 0.4) is 0 Å². The number of hydrogen-bond donors (Lipinski definition) is 0. The molecule has 114 valence electrons. The Balaban J connectivity index is 2.32. The summed E-state index contributed by atoms with van der Waals surface area (Å²) >= 11 is 0. The van der Waals surface area contributed by atoms with E-state index in [1.54, 1.807) is 24.3 Å². The van der Waals surface area contributed by atoms with E-state index in [0.29, 0.717) is 0 Å². The first-order valence-corrected chi connectivity index (χ1v) is 7.01. The monoisotopic (exact) mass is 300 g/mol. The summed E-state index contributed by atoms with van der Waals surface area (Å²) in [6.45, 7) is 2.06. The molecule has 0 bridgehead atoms. The van der Waals surface area contributed by atoms with Gasteiger partial charge in [-0.2, -0.15) is 0 Å². The Morgan fingerprint density at radius 1 is 0.818 bits per heavy atom. The SMILES string of the molecule is CCCC(c1ccc([N+](=O)[O-])cc1)c1ccc([N+](=O)[O-])cc1. The maximum atomic E-state index is 10.7. The van der Waals surface area contributed by atoms with Crippen LogP contribution in [0.5, 0.6) is 0 Å². The first-order valence-electron chi connectivity index (χ1n) is 7.01. The first-order chi connectivity index (χ1) is 10.5. The summed E-state index contributed by atoms with van der Waals surface area (Å²) in [7, 11) is 0. The lowest BCUT2D eigenvalue weighted by atomic mass is 9.87. The predicted octanol–water partition coefficient (Wildman–Crippen LogP) is 4.44. The van der Waals surface area contributed by atoms with Crippen molar-refractivity contribution in [3.8, 4) is 0 Å². The summed E-state index contributed by atoms with van der Waals surface area (Å²) in [4.78, 5) is 20.6. The molecule has 2 aromatic carbocycles. The van der Waals surface area contributed by atoms with Crippen LogP contribution in [-0.4, -0.2) is 9.85 Å². The minimum atomic E-state index is -0.426. The van der Waals surface area contributed by atoms with E-state index in [1.807, 2.05) is 0 Å². The van der Waals surface area contributed by atoms with Crippen LogP contribution < -0.4 is 0 Å². The largest absolute Gasteiger partial charge is 0.269 e. The van der Waals surface area contributed by atoms with Crippen LogP contribution in [0.4, 0.5) is 11.4 Å². The summed E-state index contributed by atoms with van der Waals surface area (Å²) in [5.41, 5.74) is 2.06. The Morgan fingerprint density at radius 2 is 1.18 bits per heavy atom. The molecular formula is C16H16N2O4. The van der Waals surface area contributed by atoms with Gasteiger partial charge in [-0.15, -0.1) is 0 Å². The number of nitrogens with zero attached hydrogens (tertiary/aromatic N) is 2. The van der Waals surface area contributed by atoms with Gasteiger partial charge in [-0.1, -0.05) is 37.6 Å². The average Bonchev–Trinajstić information content (AvgIpc) is 2.53. The zero-order valence-electron chi connectivity index (χ0n) is 12.1. The van der Waals surface area contributed by atoms with E-state index < -0.39 is 9.85 Å². The molecule has 0 N–H and O–H groups in total. The maximum absolute atomic E-state index is 10.7. The predicted molar refractivity (Wildman–Crippen MR) is 82.9 cm³/mol. The van der Waals surface area contributed by atoms with Crippen molar-refractivity contribution in [1.29, 1.82) is 0 Å². The van der Waals surface area contributed by atoms with E-state index in [2.05, 4.69) is 6.92 Å². The van der Waals surface area contributed by atoms with Gasteiger partial charge in [0, 0.05) is 30.2 Å². The van der Waals surface area contributed by atoms with Crippen LogP contribution in [0.15, 0.2) is 48.5 Å². The van der Waals surface area contributed by atoms with Crippen LogP contribution in [0, 0.1) is 20.2 Å². The molecule has 6 nitrogen and oxygen atoms in total. The molecule has 0 atom stereocenters. The highest BCUT2D eigenvalue weighted by molar-refractivity contribution is 5.41. The third-order valence-corrected chi connectivity index (χ3v) is 3.59. The Bertz CT molecular complexity index is 608. The molecule has 0 radical (unpaired) electrons. The van der Waals surface area contributed by atoms with Crippen molar-refractivity contribution in [3.05, 3.63) is 79.9 Å². The molecule has 0 heterocycles. The fraction of sp³-hybridized carbons (Fsp3) is 0.250. The van der Waals surface area contributed by atoms with Crippen LogP contribution in [-0.2, 0) is 0 Å². The molecule has 0 aliphatic heterocycles. The average molecular weight is 300 g/mol. The zero-order chi connectivity index (χ0) is 16.1. The molecule has 0 aliphatic rings. The van der Waals surface area contributed by atoms with Crippen molar-refractivity contribution in [1.82, 2.24) is 0 Å². The number of nitro groups is 2. The van der Waals surface area contributed by atoms with E-state index in [4.69, 9.17) is 0 Å². The zero-order valence-corrected chi connectivity index (χ0v) is 12.1. The molecule has 0 aromatic heterocycles. The molecule has 0 amide bonds. The van der Waals surface area contributed by atoms with Gasteiger partial charge >= 0.3 is 0 Å². The van der Waals surface area contributed by atoms with Crippen molar-refractivity contribution in [3.63, 3.8) is 0 Å². The van der Waals surface area contributed by atoms with E-state index in [1.165, 1.54) is 24.3 Å². The summed E-state index contributed by atoms with van der Waals surface area (Å²) < 4.78 is 0. The lowest BCUT2D eigenvalue weighted by Gasteiger charge is -2.17. The normalized spacial score (nSPS) is 10.6. The van der Waals surface area contributed by atoms with Gasteiger partial charge in [0.2, 0.25) is 0 Å². The molecule has 0 saturated carbocycles. The fourth-order valence-corrected chi connectivity index (χ4v) is 2.47. The first kappa shape index (κ1) is 15.6. The third-order valence-electron chi connectivity index (χ3n) is 3.59. The van der Waals surface area contributed by atoms with E-state index in [0.717, 1.165) is 24.0 Å². The second-order valence-corrected chi connectivity index (χ2v) is 5.04. The molecule has 22 heavy (non-hydrogen) atoms. The van der Waals surface area contributed by atoms with Crippen molar-refractivity contribution in [2.24, 2.45) is 0 Å². The Hall–Kier alpha value is -2.76. The van der Waals surface area contributed by atoms with Crippen molar-refractivity contribution < 1.29 is 9.85 Å². The maximum Gasteiger partial charge on any atom is 0.269 e. The van der Waals surface area contributed by atoms with E-state index in [-0.39, 0.29) is 17.3 Å². The van der Waals surface area contributed by atoms with Crippen molar-refractivity contribution in [2.75, 3.05) is 0 Å². The molecule has 2 aromatic rings. The van der Waals surface area contributed by atoms with Crippen LogP contribution in [0.2, 0.25) is 0 Å². The molecular weight excluding hydrogens is 284 g/mol. The second-order valence-electron chi connectivity index (χ2n) is 5.04. The lowest BCUT2D eigenvalue weighted by Crippen LogP contribution is -2.01.